The van der Waals surface area contributed by atoms with Gasteiger partial charge in [0, 0.05) is 20.0 Å². The molecule has 0 N–H and O–H groups in total. The van der Waals surface area contributed by atoms with Crippen LogP contribution in [0.3, 0.4) is 0 Å². The maximum absolute atomic E-state index is 10.4. The van der Waals surface area contributed by atoms with Gasteiger partial charge in [0.1, 0.15) is 6.61 Å². The van der Waals surface area contributed by atoms with Crippen molar-refractivity contribution in [1.82, 2.24) is 4.90 Å². The minimum absolute atomic E-state index is 0.223. The zero-order chi connectivity index (χ0) is 9.56. The van der Waals surface area contributed by atoms with Gasteiger partial charge in [-0.15, -0.1) is 0 Å². The van der Waals surface area contributed by atoms with Crippen LogP contribution in [0.25, 0.3) is 0 Å². The van der Waals surface area contributed by atoms with Gasteiger partial charge in [-0.1, -0.05) is 12.2 Å². The Kier molecular flexibility index (Phi) is 5.37. The largest absolute Gasteiger partial charge is 0.465 e. The van der Waals surface area contributed by atoms with E-state index in [4.69, 9.17) is 4.74 Å². The van der Waals surface area contributed by atoms with Crippen molar-refractivity contribution >= 4 is 5.97 Å². The molecule has 0 bridgehead atoms. The standard InChI is InChI=1S/C9H17NO2/c1-8(2)7-10(4)5-6-12-9(3)11/h1,5-7H2,2-4H3. The van der Waals surface area contributed by atoms with Crippen molar-refractivity contribution in [2.24, 2.45) is 0 Å². The number of ether oxygens (including phenoxy) is 1. The fourth-order valence-corrected chi connectivity index (χ4v) is 0.885. The first-order valence-corrected chi connectivity index (χ1v) is 3.98. The van der Waals surface area contributed by atoms with E-state index in [0.29, 0.717) is 6.61 Å². The Morgan fingerprint density at radius 3 is 2.50 bits per heavy atom. The average molecular weight is 171 g/mol. The second-order valence-corrected chi connectivity index (χ2v) is 3.03. The van der Waals surface area contributed by atoms with Crippen molar-refractivity contribution in [3.63, 3.8) is 0 Å². The maximum Gasteiger partial charge on any atom is 0.302 e. The molecule has 0 saturated heterocycles. The Hall–Kier alpha value is -0.830. The summed E-state index contributed by atoms with van der Waals surface area (Å²) in [4.78, 5) is 12.4. The summed E-state index contributed by atoms with van der Waals surface area (Å²) in [5.74, 6) is -0.223. The van der Waals surface area contributed by atoms with Gasteiger partial charge in [0.15, 0.2) is 0 Å². The predicted octanol–water partition coefficient (Wildman–Crippen LogP) is 1.06. The van der Waals surface area contributed by atoms with Crippen molar-refractivity contribution in [2.75, 3.05) is 26.7 Å². The fraction of sp³-hybridized carbons (Fsp3) is 0.667. The van der Waals surface area contributed by atoms with Gasteiger partial charge in [-0.25, -0.2) is 0 Å². The van der Waals surface area contributed by atoms with E-state index in [-0.39, 0.29) is 5.97 Å². The molecule has 0 heterocycles. The van der Waals surface area contributed by atoms with Crippen molar-refractivity contribution in [2.45, 2.75) is 13.8 Å². The molecule has 0 aromatic carbocycles. The Labute approximate surface area is 74.0 Å². The molecule has 0 radical (unpaired) electrons. The zero-order valence-electron chi connectivity index (χ0n) is 8.09. The number of carbonyl (C=O) groups is 1. The third-order valence-electron chi connectivity index (χ3n) is 1.32. The topological polar surface area (TPSA) is 29.5 Å². The Balaban J connectivity index is 3.37. The summed E-state index contributed by atoms with van der Waals surface area (Å²) >= 11 is 0. The molecule has 0 atom stereocenters. The highest BCUT2D eigenvalue weighted by atomic mass is 16.5. The molecule has 0 rings (SSSR count). The van der Waals surface area contributed by atoms with Gasteiger partial charge in [-0.2, -0.15) is 0 Å². The highest BCUT2D eigenvalue weighted by molar-refractivity contribution is 5.65. The molecule has 3 heteroatoms. The third kappa shape index (κ3) is 7.28. The van der Waals surface area contributed by atoms with Gasteiger partial charge < -0.3 is 4.74 Å². The quantitative estimate of drug-likeness (QED) is 0.457. The molecule has 0 amide bonds. The number of rotatable bonds is 5. The van der Waals surface area contributed by atoms with Gasteiger partial charge in [-0.05, 0) is 14.0 Å². The van der Waals surface area contributed by atoms with Crippen molar-refractivity contribution in [3.05, 3.63) is 12.2 Å². The fourth-order valence-electron chi connectivity index (χ4n) is 0.885. The van der Waals surface area contributed by atoms with Crippen LogP contribution in [-0.4, -0.2) is 37.6 Å². The van der Waals surface area contributed by atoms with Crippen molar-refractivity contribution < 1.29 is 9.53 Å². The number of hydrogen-bond acceptors (Lipinski definition) is 3. The van der Waals surface area contributed by atoms with Gasteiger partial charge in [-0.3, -0.25) is 9.69 Å². The molecule has 0 aromatic rings. The lowest BCUT2D eigenvalue weighted by atomic mass is 10.3. The van der Waals surface area contributed by atoms with E-state index in [1.54, 1.807) is 0 Å². The highest BCUT2D eigenvalue weighted by Crippen LogP contribution is 1.91. The normalized spacial score (nSPS) is 10.0. The molecule has 0 aliphatic carbocycles. The molecule has 3 nitrogen and oxygen atoms in total. The third-order valence-corrected chi connectivity index (χ3v) is 1.32. The van der Waals surface area contributed by atoms with E-state index in [9.17, 15) is 4.79 Å². The van der Waals surface area contributed by atoms with Crippen LogP contribution in [0.4, 0.5) is 0 Å². The summed E-state index contributed by atoms with van der Waals surface area (Å²) in [5, 5.41) is 0. The first-order chi connectivity index (χ1) is 5.52. The molecule has 70 valence electrons. The molecule has 0 aliphatic rings. The van der Waals surface area contributed by atoms with E-state index < -0.39 is 0 Å². The Morgan fingerprint density at radius 1 is 1.50 bits per heavy atom. The van der Waals surface area contributed by atoms with Crippen LogP contribution >= 0.6 is 0 Å². The molecule has 0 aliphatic heterocycles. The number of nitrogens with zero attached hydrogens (tertiary/aromatic N) is 1. The molecule has 0 spiro atoms. The second kappa shape index (κ2) is 5.77. The van der Waals surface area contributed by atoms with Crippen LogP contribution < -0.4 is 0 Å². The number of esters is 1. The first kappa shape index (κ1) is 11.2. The number of likely N-dealkylation sites (N-methyl/N-ethyl adjacent to an activating group) is 1. The van der Waals surface area contributed by atoms with E-state index in [0.717, 1.165) is 18.7 Å². The summed E-state index contributed by atoms with van der Waals surface area (Å²) in [6, 6.07) is 0. The highest BCUT2D eigenvalue weighted by Gasteiger charge is 1.98. The molecule has 0 unspecified atom stereocenters. The summed E-state index contributed by atoms with van der Waals surface area (Å²) in [7, 11) is 1.97. The molecule has 0 saturated carbocycles. The number of carbonyl (C=O) groups excluding carboxylic acids is 1. The first-order valence-electron chi connectivity index (χ1n) is 3.98. The van der Waals surface area contributed by atoms with E-state index >= 15 is 0 Å². The molecular weight excluding hydrogens is 154 g/mol. The van der Waals surface area contributed by atoms with Gasteiger partial charge in [0.25, 0.3) is 0 Å². The predicted molar refractivity (Wildman–Crippen MR) is 48.9 cm³/mol. The lowest BCUT2D eigenvalue weighted by Crippen LogP contribution is -2.25. The molecule has 12 heavy (non-hydrogen) atoms. The minimum atomic E-state index is -0.223. The summed E-state index contributed by atoms with van der Waals surface area (Å²) in [6.45, 7) is 9.24. The zero-order valence-corrected chi connectivity index (χ0v) is 8.09. The monoisotopic (exact) mass is 171 g/mol. The van der Waals surface area contributed by atoms with E-state index in [2.05, 4.69) is 11.5 Å². The van der Waals surface area contributed by atoms with Crippen LogP contribution in [0, 0.1) is 0 Å². The second-order valence-electron chi connectivity index (χ2n) is 3.03. The Bertz CT molecular complexity index is 166. The Morgan fingerprint density at radius 2 is 2.08 bits per heavy atom. The number of hydrogen-bond donors (Lipinski definition) is 0. The molecular formula is C9H17NO2. The molecule has 0 aromatic heterocycles. The van der Waals surface area contributed by atoms with Crippen LogP contribution in [0.2, 0.25) is 0 Å². The van der Waals surface area contributed by atoms with Gasteiger partial charge >= 0.3 is 5.97 Å². The maximum atomic E-state index is 10.4. The minimum Gasteiger partial charge on any atom is -0.465 e. The molecule has 0 fully saturated rings. The summed E-state index contributed by atoms with van der Waals surface area (Å²) in [6.07, 6.45) is 0. The van der Waals surface area contributed by atoms with Crippen LogP contribution in [0.5, 0.6) is 0 Å². The van der Waals surface area contributed by atoms with E-state index in [1.165, 1.54) is 6.92 Å². The lowest BCUT2D eigenvalue weighted by molar-refractivity contribution is -0.141. The van der Waals surface area contributed by atoms with Gasteiger partial charge in [0.2, 0.25) is 0 Å². The summed E-state index contributed by atoms with van der Waals surface area (Å²) < 4.78 is 4.78. The smallest absolute Gasteiger partial charge is 0.302 e. The van der Waals surface area contributed by atoms with Crippen LogP contribution in [0.1, 0.15) is 13.8 Å². The average Bonchev–Trinajstić information content (AvgIpc) is 1.84. The lowest BCUT2D eigenvalue weighted by Gasteiger charge is -2.15. The van der Waals surface area contributed by atoms with Crippen LogP contribution in [0.15, 0.2) is 12.2 Å². The SMILES string of the molecule is C=C(C)CN(C)CCOC(C)=O. The van der Waals surface area contributed by atoms with Crippen molar-refractivity contribution in [1.29, 1.82) is 0 Å². The van der Waals surface area contributed by atoms with Crippen LogP contribution in [-0.2, 0) is 9.53 Å². The summed E-state index contributed by atoms with van der Waals surface area (Å²) in [5.41, 5.74) is 1.11. The van der Waals surface area contributed by atoms with Gasteiger partial charge in [0.05, 0.1) is 0 Å². The van der Waals surface area contributed by atoms with E-state index in [1.807, 2.05) is 14.0 Å². The van der Waals surface area contributed by atoms with Crippen molar-refractivity contribution in [3.8, 4) is 0 Å².